The Morgan fingerprint density at radius 2 is 0.925 bits per heavy atom. The number of aromatic nitrogens is 2. The fraction of sp³-hybridized carbons (Fsp3) is 0.0588. The van der Waals surface area contributed by atoms with Gasteiger partial charge in [-0.25, -0.2) is 0 Å². The predicted molar refractivity (Wildman–Crippen MR) is 223 cm³/mol. The van der Waals surface area contributed by atoms with Crippen molar-refractivity contribution < 1.29 is 0 Å². The summed E-state index contributed by atoms with van der Waals surface area (Å²) in [5, 5.41) is 5.10. The molecule has 0 saturated heterocycles. The highest BCUT2D eigenvalue weighted by Gasteiger charge is 2.35. The van der Waals surface area contributed by atoms with Gasteiger partial charge in [0.15, 0.2) is 0 Å². The summed E-state index contributed by atoms with van der Waals surface area (Å²) >= 11 is 0. The Labute approximate surface area is 307 Å². The molecule has 10 aromatic rings. The molecular weight excluding hydrogens is 641 g/mol. The van der Waals surface area contributed by atoms with Gasteiger partial charge in [0, 0.05) is 43.8 Å². The summed E-state index contributed by atoms with van der Waals surface area (Å²) in [4.78, 5) is 0. The summed E-state index contributed by atoms with van der Waals surface area (Å²) in [6.45, 7) is 4.72. The standard InChI is InChI=1S/C51H34N2/c1-51(2)44-19-8-5-14-36(44)37-25-24-33(30-45(37)51)52-46-20-9-7-16-39(46)42-28-31(22-26-48(42)52)32-23-27-49-43(29-32)41-18-11-17-40-35-13-4-3-12-34(35)38-15-6-10-21-47(38)53(49)50(40)41/h3-30H,1-2H3. The maximum atomic E-state index is 2.49. The number of hydrogen-bond acceptors (Lipinski definition) is 0. The Balaban J connectivity index is 1.05. The van der Waals surface area contributed by atoms with Gasteiger partial charge in [-0.2, -0.15) is 0 Å². The van der Waals surface area contributed by atoms with Crippen molar-refractivity contribution in [3.63, 3.8) is 0 Å². The molecule has 0 saturated carbocycles. The topological polar surface area (TPSA) is 9.86 Å². The molecule has 0 N–H and O–H groups in total. The zero-order chi connectivity index (χ0) is 35.0. The summed E-state index contributed by atoms with van der Waals surface area (Å²) in [6, 6.07) is 63.4. The van der Waals surface area contributed by atoms with Gasteiger partial charge in [0.2, 0.25) is 0 Å². The number of benzene rings is 8. The Morgan fingerprint density at radius 3 is 1.74 bits per heavy atom. The Hall–Kier alpha value is -6.64. The lowest BCUT2D eigenvalue weighted by atomic mass is 9.82. The van der Waals surface area contributed by atoms with E-state index in [1.807, 2.05) is 0 Å². The molecule has 0 radical (unpaired) electrons. The predicted octanol–water partition coefficient (Wildman–Crippen LogP) is 13.5. The molecular formula is C51H34N2. The van der Waals surface area contributed by atoms with Gasteiger partial charge in [-0.3, -0.25) is 0 Å². The van der Waals surface area contributed by atoms with Gasteiger partial charge in [0.1, 0.15) is 0 Å². The van der Waals surface area contributed by atoms with Crippen LogP contribution < -0.4 is 0 Å². The van der Waals surface area contributed by atoms with Crippen LogP contribution in [-0.2, 0) is 5.41 Å². The maximum absolute atomic E-state index is 2.49. The zero-order valence-electron chi connectivity index (χ0n) is 29.6. The first-order chi connectivity index (χ1) is 26.1. The van der Waals surface area contributed by atoms with Crippen molar-refractivity contribution in [2.75, 3.05) is 0 Å². The highest BCUT2D eigenvalue weighted by molar-refractivity contribution is 6.17. The number of nitrogens with zero attached hydrogens (tertiary/aromatic N) is 2. The molecule has 1 aliphatic carbocycles. The first-order valence-electron chi connectivity index (χ1n) is 18.6. The molecule has 0 bridgehead atoms. The first kappa shape index (κ1) is 29.0. The molecule has 2 aliphatic rings. The van der Waals surface area contributed by atoms with Gasteiger partial charge < -0.3 is 9.13 Å². The molecule has 3 heterocycles. The van der Waals surface area contributed by atoms with Crippen LogP contribution >= 0.6 is 0 Å². The number of para-hydroxylation sites is 3. The highest BCUT2D eigenvalue weighted by Crippen LogP contribution is 2.50. The monoisotopic (exact) mass is 674 g/mol. The number of fused-ring (bicyclic) bond motifs is 14. The molecule has 12 rings (SSSR count). The third-order valence-electron chi connectivity index (χ3n) is 12.3. The Morgan fingerprint density at radius 1 is 0.358 bits per heavy atom. The first-order valence-corrected chi connectivity index (χ1v) is 18.6. The lowest BCUT2D eigenvalue weighted by Gasteiger charge is -2.22. The molecule has 0 atom stereocenters. The third kappa shape index (κ3) is 3.77. The molecule has 53 heavy (non-hydrogen) atoms. The van der Waals surface area contributed by atoms with Gasteiger partial charge in [0.25, 0.3) is 0 Å². The zero-order valence-corrected chi connectivity index (χ0v) is 29.6. The minimum atomic E-state index is -0.0551. The molecule has 0 unspecified atom stereocenters. The van der Waals surface area contributed by atoms with E-state index in [2.05, 4.69) is 193 Å². The second kappa shape index (κ2) is 10.2. The van der Waals surface area contributed by atoms with Crippen LogP contribution in [0.4, 0.5) is 0 Å². The molecule has 2 nitrogen and oxygen atoms in total. The van der Waals surface area contributed by atoms with Gasteiger partial charge in [-0.1, -0.05) is 135 Å². The molecule has 0 amide bonds. The van der Waals surface area contributed by atoms with Crippen molar-refractivity contribution in [2.24, 2.45) is 0 Å². The van der Waals surface area contributed by atoms with Crippen LogP contribution in [0, 0.1) is 0 Å². The van der Waals surface area contributed by atoms with Crippen LogP contribution in [-0.4, -0.2) is 9.13 Å². The van der Waals surface area contributed by atoms with Crippen LogP contribution in [0.1, 0.15) is 25.0 Å². The molecule has 2 aromatic heterocycles. The SMILES string of the molecule is CC1(C)c2ccccc2-c2ccc(-n3c4ccccc4c4cc(-c5ccc6c(c5)c5cccc7c5n6-c5ccccc5-c5ccccc5-7)ccc43)cc21. The van der Waals surface area contributed by atoms with Crippen LogP contribution in [0.5, 0.6) is 0 Å². The van der Waals surface area contributed by atoms with E-state index in [0.29, 0.717) is 0 Å². The second-order valence-electron chi connectivity index (χ2n) is 15.3. The van der Waals surface area contributed by atoms with Crippen molar-refractivity contribution in [2.45, 2.75) is 19.3 Å². The van der Waals surface area contributed by atoms with Crippen molar-refractivity contribution in [3.8, 4) is 55.9 Å². The van der Waals surface area contributed by atoms with Crippen LogP contribution in [0.25, 0.3) is 99.5 Å². The Bertz CT molecular complexity index is 3200. The fourth-order valence-electron chi connectivity index (χ4n) is 9.83. The fourth-order valence-corrected chi connectivity index (χ4v) is 9.83. The lowest BCUT2D eigenvalue weighted by Crippen LogP contribution is -2.15. The molecule has 248 valence electrons. The largest absolute Gasteiger partial charge is 0.309 e. The van der Waals surface area contributed by atoms with Gasteiger partial charge in [-0.05, 0) is 93.0 Å². The van der Waals surface area contributed by atoms with E-state index in [0.717, 1.165) is 0 Å². The quantitative estimate of drug-likeness (QED) is 0.173. The minimum Gasteiger partial charge on any atom is -0.309 e. The van der Waals surface area contributed by atoms with Crippen LogP contribution in [0.15, 0.2) is 170 Å². The van der Waals surface area contributed by atoms with Crippen LogP contribution in [0.2, 0.25) is 0 Å². The van der Waals surface area contributed by atoms with E-state index in [1.165, 1.54) is 111 Å². The summed E-state index contributed by atoms with van der Waals surface area (Å²) < 4.78 is 4.95. The van der Waals surface area contributed by atoms with E-state index < -0.39 is 0 Å². The normalized spacial score (nSPS) is 13.6. The third-order valence-corrected chi connectivity index (χ3v) is 12.3. The van der Waals surface area contributed by atoms with Crippen molar-refractivity contribution >= 4 is 43.6 Å². The van der Waals surface area contributed by atoms with Gasteiger partial charge >= 0.3 is 0 Å². The second-order valence-corrected chi connectivity index (χ2v) is 15.3. The number of hydrogen-bond donors (Lipinski definition) is 0. The molecule has 1 aliphatic heterocycles. The summed E-state index contributed by atoms with van der Waals surface area (Å²) in [5.41, 5.74) is 20.4. The molecule has 8 aromatic carbocycles. The van der Waals surface area contributed by atoms with Crippen LogP contribution in [0.3, 0.4) is 0 Å². The van der Waals surface area contributed by atoms with Crippen molar-refractivity contribution in [3.05, 3.63) is 181 Å². The number of rotatable bonds is 2. The summed E-state index contributed by atoms with van der Waals surface area (Å²) in [5.74, 6) is 0. The van der Waals surface area contributed by atoms with Crippen molar-refractivity contribution in [1.82, 2.24) is 9.13 Å². The van der Waals surface area contributed by atoms with Gasteiger partial charge in [0.05, 0.1) is 27.8 Å². The van der Waals surface area contributed by atoms with E-state index in [-0.39, 0.29) is 5.41 Å². The summed E-state index contributed by atoms with van der Waals surface area (Å²) in [6.07, 6.45) is 0. The highest BCUT2D eigenvalue weighted by atomic mass is 15.0. The smallest absolute Gasteiger partial charge is 0.0619 e. The average molecular weight is 675 g/mol. The molecule has 0 fully saturated rings. The van der Waals surface area contributed by atoms with E-state index in [9.17, 15) is 0 Å². The van der Waals surface area contributed by atoms with Gasteiger partial charge in [-0.15, -0.1) is 0 Å². The van der Waals surface area contributed by atoms with E-state index >= 15 is 0 Å². The minimum absolute atomic E-state index is 0.0551. The lowest BCUT2D eigenvalue weighted by molar-refractivity contribution is 0.660. The Kier molecular flexibility index (Phi) is 5.60. The summed E-state index contributed by atoms with van der Waals surface area (Å²) in [7, 11) is 0. The molecule has 2 heteroatoms. The molecule has 0 spiro atoms. The van der Waals surface area contributed by atoms with E-state index in [1.54, 1.807) is 0 Å². The average Bonchev–Trinajstić information content (AvgIpc) is 3.77. The maximum Gasteiger partial charge on any atom is 0.0619 e. The van der Waals surface area contributed by atoms with Crippen molar-refractivity contribution in [1.29, 1.82) is 0 Å². The van der Waals surface area contributed by atoms with E-state index in [4.69, 9.17) is 0 Å².